The first kappa shape index (κ1) is 30.7. The van der Waals surface area contributed by atoms with E-state index in [9.17, 15) is 0 Å². The molecule has 3 aromatic heterocycles. The van der Waals surface area contributed by atoms with Gasteiger partial charge in [-0.15, -0.1) is 0 Å². The number of para-hydroxylation sites is 1. The summed E-state index contributed by atoms with van der Waals surface area (Å²) in [6.45, 7) is 0. The highest BCUT2D eigenvalue weighted by atomic mass is 15.0. The Kier molecular flexibility index (Phi) is 7.47. The molecule has 0 N–H and O–H groups in total. The molecule has 10 rings (SSSR count). The summed E-state index contributed by atoms with van der Waals surface area (Å²) in [5, 5.41) is 1.06. The third kappa shape index (κ3) is 5.65. The van der Waals surface area contributed by atoms with Crippen LogP contribution >= 0.6 is 0 Å². The van der Waals surface area contributed by atoms with Gasteiger partial charge >= 0.3 is 0 Å². The second-order valence-corrected chi connectivity index (χ2v) is 13.5. The molecule has 0 aliphatic rings. The molecule has 0 fully saturated rings. The van der Waals surface area contributed by atoms with Gasteiger partial charge in [-0.2, -0.15) is 0 Å². The van der Waals surface area contributed by atoms with Crippen LogP contribution < -0.4 is 0 Å². The van der Waals surface area contributed by atoms with E-state index in [-0.39, 0.29) is 0 Å². The summed E-state index contributed by atoms with van der Waals surface area (Å²) in [4.78, 5) is 10.3. The fraction of sp³-hybridized carbons (Fsp3) is 0. The highest BCUT2D eigenvalue weighted by Crippen LogP contribution is 2.38. The Hall–Kier alpha value is -7.10. The molecule has 0 atom stereocenters. The molecule has 53 heavy (non-hydrogen) atoms. The molecule has 3 heteroatoms. The molecule has 0 bridgehead atoms. The number of hydrogen-bond donors (Lipinski definition) is 0. The Morgan fingerprint density at radius 2 is 0.774 bits per heavy atom. The van der Waals surface area contributed by atoms with E-state index in [0.29, 0.717) is 0 Å². The van der Waals surface area contributed by atoms with E-state index in [0.717, 1.165) is 50.0 Å². The summed E-state index contributed by atoms with van der Waals surface area (Å²) < 4.78 is 2.16. The standard InChI is InChI=1S/C50H33N3/c1-3-12-34(13-4-1)36-21-25-38(26-22-36)42-31-43(39-27-23-37(24-28-39)35-14-5-2-6-15-35)33-44(32-42)40-16-11-17-41(30-40)48-50-49(45-18-7-8-19-46(45)51-48)52-47-20-9-10-29-53(47)50/h1-33H. The molecular formula is C50H33N3. The van der Waals surface area contributed by atoms with Crippen LogP contribution in [0, 0.1) is 0 Å². The molecule has 10 aromatic rings. The van der Waals surface area contributed by atoms with Gasteiger partial charge in [0.1, 0.15) is 11.2 Å². The van der Waals surface area contributed by atoms with Gasteiger partial charge in [0, 0.05) is 17.1 Å². The summed E-state index contributed by atoms with van der Waals surface area (Å²) in [6.07, 6.45) is 2.08. The molecule has 248 valence electrons. The molecular weight excluding hydrogens is 643 g/mol. The van der Waals surface area contributed by atoms with Gasteiger partial charge in [0.25, 0.3) is 0 Å². The molecule has 0 saturated heterocycles. The summed E-state index contributed by atoms with van der Waals surface area (Å²) >= 11 is 0. The number of nitrogens with zero attached hydrogens (tertiary/aromatic N) is 3. The van der Waals surface area contributed by atoms with Crippen LogP contribution in [-0.2, 0) is 0 Å². The predicted molar refractivity (Wildman–Crippen MR) is 221 cm³/mol. The first-order valence-corrected chi connectivity index (χ1v) is 18.0. The summed E-state index contributed by atoms with van der Waals surface area (Å²) in [6, 6.07) is 69.1. The Morgan fingerprint density at radius 3 is 1.40 bits per heavy atom. The smallest absolute Gasteiger partial charge is 0.137 e. The second-order valence-electron chi connectivity index (χ2n) is 13.5. The van der Waals surface area contributed by atoms with Gasteiger partial charge in [0.15, 0.2) is 0 Å². The van der Waals surface area contributed by atoms with Gasteiger partial charge in [-0.3, -0.25) is 4.40 Å². The Labute approximate surface area is 308 Å². The van der Waals surface area contributed by atoms with E-state index in [1.165, 1.54) is 44.5 Å². The molecule has 0 spiro atoms. The number of imidazole rings is 1. The Bertz CT molecular complexity index is 2810. The SMILES string of the molecule is c1ccc(-c2ccc(-c3cc(-c4ccc(-c5ccccc5)cc4)cc(-c4cccc(-c5nc6ccccc6c6nc7ccccn7c56)c4)c3)cc2)cc1. The van der Waals surface area contributed by atoms with Crippen LogP contribution in [0.2, 0.25) is 0 Å². The molecule has 0 unspecified atom stereocenters. The summed E-state index contributed by atoms with van der Waals surface area (Å²) in [5.74, 6) is 0. The van der Waals surface area contributed by atoms with E-state index in [2.05, 4.69) is 193 Å². The third-order valence-electron chi connectivity index (χ3n) is 10.2. The number of hydrogen-bond acceptors (Lipinski definition) is 2. The van der Waals surface area contributed by atoms with Gasteiger partial charge in [-0.1, -0.05) is 152 Å². The lowest BCUT2D eigenvalue weighted by Crippen LogP contribution is -1.93. The van der Waals surface area contributed by atoms with Crippen molar-refractivity contribution in [2.24, 2.45) is 0 Å². The predicted octanol–water partition coefficient (Wildman–Crippen LogP) is 13.0. The fourth-order valence-electron chi connectivity index (χ4n) is 7.50. The van der Waals surface area contributed by atoms with Crippen molar-refractivity contribution in [1.29, 1.82) is 0 Å². The number of benzene rings is 7. The zero-order valence-corrected chi connectivity index (χ0v) is 28.9. The first-order valence-electron chi connectivity index (χ1n) is 18.0. The van der Waals surface area contributed by atoms with Gasteiger partial charge in [0.05, 0.1) is 16.7 Å². The van der Waals surface area contributed by atoms with Crippen LogP contribution in [0.4, 0.5) is 0 Å². The molecule has 0 saturated carbocycles. The maximum Gasteiger partial charge on any atom is 0.137 e. The van der Waals surface area contributed by atoms with Crippen LogP contribution in [0.5, 0.6) is 0 Å². The van der Waals surface area contributed by atoms with E-state index in [1.54, 1.807) is 0 Å². The van der Waals surface area contributed by atoms with E-state index >= 15 is 0 Å². The minimum atomic E-state index is 0.909. The quantitative estimate of drug-likeness (QED) is 0.176. The van der Waals surface area contributed by atoms with Crippen molar-refractivity contribution in [3.05, 3.63) is 200 Å². The first-order chi connectivity index (χ1) is 26.2. The topological polar surface area (TPSA) is 30.2 Å². The number of fused-ring (bicyclic) bond motifs is 5. The van der Waals surface area contributed by atoms with Gasteiger partial charge in [-0.05, 0) is 98.1 Å². The number of aromatic nitrogens is 3. The average molecular weight is 676 g/mol. The second kappa shape index (κ2) is 12.9. The maximum absolute atomic E-state index is 5.27. The average Bonchev–Trinajstić information content (AvgIpc) is 3.64. The Morgan fingerprint density at radius 1 is 0.321 bits per heavy atom. The fourth-order valence-corrected chi connectivity index (χ4v) is 7.50. The highest BCUT2D eigenvalue weighted by molar-refractivity contribution is 6.09. The summed E-state index contributed by atoms with van der Waals surface area (Å²) in [7, 11) is 0. The van der Waals surface area contributed by atoms with Crippen LogP contribution in [0.3, 0.4) is 0 Å². The van der Waals surface area contributed by atoms with Crippen molar-refractivity contribution in [2.45, 2.75) is 0 Å². The van der Waals surface area contributed by atoms with E-state index < -0.39 is 0 Å². The van der Waals surface area contributed by atoms with Crippen molar-refractivity contribution in [1.82, 2.24) is 14.4 Å². The van der Waals surface area contributed by atoms with Gasteiger partial charge < -0.3 is 0 Å². The lowest BCUT2D eigenvalue weighted by Gasteiger charge is -2.14. The normalized spacial score (nSPS) is 11.4. The molecule has 3 nitrogen and oxygen atoms in total. The molecule has 3 heterocycles. The van der Waals surface area contributed by atoms with Crippen molar-refractivity contribution in [3.63, 3.8) is 0 Å². The monoisotopic (exact) mass is 675 g/mol. The van der Waals surface area contributed by atoms with E-state index in [1.807, 2.05) is 12.1 Å². The minimum absolute atomic E-state index is 0.909. The zero-order chi connectivity index (χ0) is 35.1. The zero-order valence-electron chi connectivity index (χ0n) is 28.9. The summed E-state index contributed by atoms with van der Waals surface area (Å²) in [5.41, 5.74) is 17.6. The third-order valence-corrected chi connectivity index (χ3v) is 10.2. The van der Waals surface area contributed by atoms with E-state index in [4.69, 9.17) is 9.97 Å². The van der Waals surface area contributed by atoms with Crippen molar-refractivity contribution in [3.8, 4) is 66.9 Å². The van der Waals surface area contributed by atoms with Crippen LogP contribution in [0.25, 0.3) is 94.5 Å². The molecule has 0 aliphatic heterocycles. The minimum Gasteiger partial charge on any atom is -0.298 e. The molecule has 0 amide bonds. The number of rotatable bonds is 6. The van der Waals surface area contributed by atoms with Crippen LogP contribution in [-0.4, -0.2) is 14.4 Å². The Balaban J connectivity index is 1.12. The largest absolute Gasteiger partial charge is 0.298 e. The van der Waals surface area contributed by atoms with Crippen molar-refractivity contribution < 1.29 is 0 Å². The van der Waals surface area contributed by atoms with Gasteiger partial charge in [0.2, 0.25) is 0 Å². The lowest BCUT2D eigenvalue weighted by molar-refractivity contribution is 1.22. The molecule has 0 radical (unpaired) electrons. The number of pyridine rings is 2. The van der Waals surface area contributed by atoms with Crippen LogP contribution in [0.15, 0.2) is 200 Å². The van der Waals surface area contributed by atoms with Gasteiger partial charge in [-0.25, -0.2) is 9.97 Å². The lowest BCUT2D eigenvalue weighted by atomic mass is 9.91. The highest BCUT2D eigenvalue weighted by Gasteiger charge is 2.17. The van der Waals surface area contributed by atoms with Crippen LogP contribution in [0.1, 0.15) is 0 Å². The van der Waals surface area contributed by atoms with Crippen molar-refractivity contribution >= 4 is 27.6 Å². The molecule has 0 aliphatic carbocycles. The molecule has 7 aromatic carbocycles. The van der Waals surface area contributed by atoms with Crippen molar-refractivity contribution in [2.75, 3.05) is 0 Å². The maximum atomic E-state index is 5.27.